The van der Waals surface area contributed by atoms with Gasteiger partial charge in [-0.25, -0.2) is 4.39 Å². The number of alkyl halides is 1. The van der Waals surface area contributed by atoms with E-state index in [2.05, 4.69) is 73.5 Å². The van der Waals surface area contributed by atoms with E-state index < -0.39 is 30.2 Å². The zero-order valence-corrected chi connectivity index (χ0v) is 50.6. The van der Waals surface area contributed by atoms with Crippen molar-refractivity contribution in [2.75, 3.05) is 119 Å². The number of hydrogen-bond donors (Lipinski definition) is 8. The number of benzene rings is 4. The summed E-state index contributed by atoms with van der Waals surface area (Å²) in [5.41, 5.74) is 5.58. The molecule has 0 radical (unpaired) electrons. The molecule has 0 spiro atoms. The number of hydrogen-bond acceptors (Lipinski definition) is 16. The van der Waals surface area contributed by atoms with E-state index in [-0.39, 0.29) is 29.8 Å². The number of piperidine rings is 2. The van der Waals surface area contributed by atoms with Crippen molar-refractivity contribution >= 4 is 80.7 Å². The summed E-state index contributed by atoms with van der Waals surface area (Å²) >= 11 is 20.5. The Labute approximate surface area is 503 Å². The molecule has 0 aliphatic carbocycles. The highest BCUT2D eigenvalue weighted by Crippen LogP contribution is 2.45. The monoisotopic (exact) mass is 1200 g/mol. The molecule has 0 saturated carbocycles. The number of amides is 2. The summed E-state index contributed by atoms with van der Waals surface area (Å²) in [6.07, 6.45) is 4.09. The van der Waals surface area contributed by atoms with Crippen LogP contribution in [-0.2, 0) is 9.59 Å². The molecule has 0 bridgehead atoms. The smallest absolute Gasteiger partial charge is 0.224 e. The van der Waals surface area contributed by atoms with Crippen molar-refractivity contribution in [1.29, 1.82) is 10.5 Å². The molecule has 18 nitrogen and oxygen atoms in total. The summed E-state index contributed by atoms with van der Waals surface area (Å²) in [5.74, 6) is 1.46. The van der Waals surface area contributed by atoms with E-state index in [9.17, 15) is 24.5 Å². The highest BCUT2D eigenvalue weighted by atomic mass is 35.5. The first kappa shape index (κ1) is 62.9. The molecule has 22 heteroatoms. The van der Waals surface area contributed by atoms with Gasteiger partial charge in [0.2, 0.25) is 11.8 Å². The number of anilines is 6. The maximum atomic E-state index is 13.9. The van der Waals surface area contributed by atoms with Gasteiger partial charge in [-0.15, -0.1) is 0 Å². The highest BCUT2D eigenvalue weighted by Gasteiger charge is 2.35. The standard InChI is InChI=1S/C61H80Cl3FN12O6/c1-7-80-54-26-48-43(59(38(28-66)31-69-48)72-40-16-17-53(45(62)21-40)82-34-41-12-9-13-56(65)71-41)24-50(54)75-58(79)15-11-19-77(6)33-37-20-36(3)52(68-30-37)35-83-61-46(63)22-42(23-47(61)64)73-60-39(29-67)32-70-49-27-55(81-8-2)51(25-44(49)60)74-57(78)14-10-18-76(4)5/h16-17,21-27,36-39,41,52,56,59-60,68-73H,7-15,18-20,30-35H2,1-6H3,(H,74,78)(H,75,79). The number of carbonyl (C=O) groups excluding carboxylic acids is 2. The van der Waals surface area contributed by atoms with Crippen LogP contribution in [0.25, 0.3) is 0 Å². The Morgan fingerprint density at radius 3 is 1.83 bits per heavy atom. The van der Waals surface area contributed by atoms with E-state index in [0.29, 0.717) is 138 Å². The van der Waals surface area contributed by atoms with Gasteiger partial charge < -0.3 is 66.0 Å². The second-order valence-electron chi connectivity index (χ2n) is 22.5. The molecular formula is C61H80Cl3FN12O6. The fourth-order valence-electron chi connectivity index (χ4n) is 11.5. The fourth-order valence-corrected chi connectivity index (χ4v) is 12.3. The molecule has 83 heavy (non-hydrogen) atoms. The third kappa shape index (κ3) is 17.0. The quantitative estimate of drug-likeness (QED) is 0.0274. The molecule has 9 unspecified atom stereocenters. The summed E-state index contributed by atoms with van der Waals surface area (Å²) in [5, 5.41) is 48.1. The first-order valence-corrected chi connectivity index (χ1v) is 30.2. The number of ether oxygens (including phenoxy) is 4. The Morgan fingerprint density at radius 1 is 0.711 bits per heavy atom. The second-order valence-corrected chi connectivity index (χ2v) is 23.7. The van der Waals surface area contributed by atoms with Gasteiger partial charge in [0.15, 0.2) is 12.0 Å². The molecule has 4 aliphatic rings. The van der Waals surface area contributed by atoms with Crippen LogP contribution < -0.4 is 61.5 Å². The van der Waals surface area contributed by atoms with Crippen LogP contribution in [0.4, 0.5) is 38.5 Å². The zero-order valence-electron chi connectivity index (χ0n) is 48.4. The largest absolute Gasteiger partial charge is 0.492 e. The predicted octanol–water partition coefficient (Wildman–Crippen LogP) is 11.3. The third-order valence-electron chi connectivity index (χ3n) is 15.7. The first-order valence-electron chi connectivity index (χ1n) is 29.0. The number of nitriles is 2. The van der Waals surface area contributed by atoms with Crippen LogP contribution >= 0.6 is 34.8 Å². The van der Waals surface area contributed by atoms with Crippen LogP contribution in [0.3, 0.4) is 0 Å². The molecule has 2 fully saturated rings. The summed E-state index contributed by atoms with van der Waals surface area (Å²) in [6, 6.07) is 20.3. The highest BCUT2D eigenvalue weighted by molar-refractivity contribution is 6.37. The van der Waals surface area contributed by atoms with Gasteiger partial charge in [0, 0.05) is 90.6 Å². The van der Waals surface area contributed by atoms with Crippen LogP contribution in [-0.4, -0.2) is 127 Å². The molecule has 9 atom stereocenters. The van der Waals surface area contributed by atoms with Crippen LogP contribution in [0.2, 0.25) is 15.1 Å². The molecule has 4 aromatic carbocycles. The Hall–Kier alpha value is -6.16. The minimum Gasteiger partial charge on any atom is -0.492 e. The van der Waals surface area contributed by atoms with Gasteiger partial charge in [-0.05, 0) is 147 Å². The van der Waals surface area contributed by atoms with Crippen molar-refractivity contribution in [2.24, 2.45) is 23.7 Å². The summed E-state index contributed by atoms with van der Waals surface area (Å²) in [4.78, 5) is 30.9. The van der Waals surface area contributed by atoms with Gasteiger partial charge in [0.25, 0.3) is 0 Å². The first-order chi connectivity index (χ1) is 40.0. The van der Waals surface area contributed by atoms with Crippen LogP contribution in [0, 0.1) is 46.3 Å². The Bertz CT molecular complexity index is 2940. The van der Waals surface area contributed by atoms with Crippen molar-refractivity contribution in [3.05, 3.63) is 80.8 Å². The number of nitrogens with one attached hydrogen (secondary N) is 8. The Balaban J connectivity index is 0.807. The number of fused-ring (bicyclic) bond motifs is 2. The van der Waals surface area contributed by atoms with E-state index in [0.717, 1.165) is 67.9 Å². The van der Waals surface area contributed by atoms with Crippen molar-refractivity contribution in [3.8, 4) is 35.1 Å². The lowest BCUT2D eigenvalue weighted by atomic mass is 9.86. The topological polar surface area (TPSA) is 221 Å². The Kier molecular flexibility index (Phi) is 22.8. The lowest BCUT2D eigenvalue weighted by Gasteiger charge is -2.37. The number of halogens is 4. The lowest BCUT2D eigenvalue weighted by Crippen LogP contribution is -2.49. The molecular weight excluding hydrogens is 1120 g/mol. The van der Waals surface area contributed by atoms with Crippen molar-refractivity contribution in [3.63, 3.8) is 0 Å². The molecule has 2 amide bonds. The van der Waals surface area contributed by atoms with Gasteiger partial charge in [-0.3, -0.25) is 14.9 Å². The predicted molar refractivity (Wildman–Crippen MR) is 329 cm³/mol. The minimum atomic E-state index is -1.03. The van der Waals surface area contributed by atoms with E-state index in [1.807, 2.05) is 63.2 Å². The summed E-state index contributed by atoms with van der Waals surface area (Å²) in [6.45, 7) is 11.4. The van der Waals surface area contributed by atoms with E-state index in [1.54, 1.807) is 24.3 Å². The van der Waals surface area contributed by atoms with E-state index in [1.165, 1.54) is 0 Å². The molecule has 8 N–H and O–H groups in total. The van der Waals surface area contributed by atoms with Gasteiger partial charge in [-0.1, -0.05) is 41.7 Å². The number of carbonyl (C=O) groups is 2. The van der Waals surface area contributed by atoms with Crippen molar-refractivity contribution in [1.82, 2.24) is 20.4 Å². The normalized spacial score (nSPS) is 22.8. The SMILES string of the molecule is CCOc1cc2c(cc1NC(=O)CCCN(C)C)C(Nc1cc(Cl)c(OCC3NCC(CN(C)CCCC(=O)Nc4cc5c(cc4OCC)NCC(C#N)C5Nc4ccc(OCC5CCCC(F)N5)c(Cl)c4)CC3C)c(Cl)c1)C(C#N)CN2. The minimum absolute atomic E-state index is 0.0585. The van der Waals surface area contributed by atoms with E-state index in [4.69, 9.17) is 53.8 Å². The van der Waals surface area contributed by atoms with Crippen LogP contribution in [0.5, 0.6) is 23.0 Å². The van der Waals surface area contributed by atoms with E-state index >= 15 is 0 Å². The molecule has 2 saturated heterocycles. The fraction of sp³-hybridized carbons (Fsp3) is 0.541. The van der Waals surface area contributed by atoms with Crippen molar-refractivity contribution < 1.29 is 32.9 Å². The zero-order chi connectivity index (χ0) is 59.2. The molecule has 4 aliphatic heterocycles. The third-order valence-corrected chi connectivity index (χ3v) is 16.6. The van der Waals surface area contributed by atoms with Gasteiger partial charge in [0.05, 0.1) is 75.7 Å². The molecule has 8 rings (SSSR count). The molecule has 4 heterocycles. The van der Waals surface area contributed by atoms with Gasteiger partial charge in [0.1, 0.15) is 30.5 Å². The second kappa shape index (κ2) is 30.1. The average Bonchev–Trinajstić information content (AvgIpc) is 3.48. The maximum Gasteiger partial charge on any atom is 0.224 e. The van der Waals surface area contributed by atoms with Gasteiger partial charge in [-0.2, -0.15) is 10.5 Å². The summed E-state index contributed by atoms with van der Waals surface area (Å²) < 4.78 is 38.2. The Morgan fingerprint density at radius 2 is 1.29 bits per heavy atom. The molecule has 4 aromatic rings. The number of nitrogens with zero attached hydrogens (tertiary/aromatic N) is 4. The van der Waals surface area contributed by atoms with Gasteiger partial charge >= 0.3 is 0 Å². The van der Waals surface area contributed by atoms with Crippen LogP contribution in [0.15, 0.2) is 54.6 Å². The lowest BCUT2D eigenvalue weighted by molar-refractivity contribution is -0.117. The van der Waals surface area contributed by atoms with Crippen molar-refractivity contribution in [2.45, 2.75) is 103 Å². The maximum absolute atomic E-state index is 13.9. The number of rotatable bonds is 26. The van der Waals surface area contributed by atoms with Crippen LogP contribution in [0.1, 0.15) is 95.3 Å². The average molecular weight is 1200 g/mol. The summed E-state index contributed by atoms with van der Waals surface area (Å²) in [7, 11) is 6.03. The molecule has 448 valence electrons. The molecule has 0 aromatic heterocycles.